The zero-order valence-electron chi connectivity index (χ0n) is 18.0. The second kappa shape index (κ2) is 8.64. The first-order valence-corrected chi connectivity index (χ1v) is 10.3. The van der Waals surface area contributed by atoms with Gasteiger partial charge in [-0.2, -0.15) is 0 Å². The number of fused-ring (bicyclic) bond motifs is 1. The van der Waals surface area contributed by atoms with E-state index in [2.05, 4.69) is 55.3 Å². The predicted molar refractivity (Wildman–Crippen MR) is 123 cm³/mol. The summed E-state index contributed by atoms with van der Waals surface area (Å²) in [4.78, 5) is 17.1. The Bertz CT molecular complexity index is 1100. The molecule has 0 atom stereocenters. The lowest BCUT2D eigenvalue weighted by atomic mass is 9.86. The lowest BCUT2D eigenvalue weighted by Crippen LogP contribution is -2.16. The number of rotatable bonds is 4. The van der Waals surface area contributed by atoms with Crippen molar-refractivity contribution >= 4 is 17.2 Å². The number of carbonyl (C=O) groups is 1. The first kappa shape index (κ1) is 20.7. The fourth-order valence-corrected chi connectivity index (χ4v) is 3.44. The molecule has 0 radical (unpaired) electrons. The highest BCUT2D eigenvalue weighted by Gasteiger charge is 2.16. The molecule has 0 saturated carbocycles. The zero-order chi connectivity index (χ0) is 21.8. The second-order valence-electron chi connectivity index (χ2n) is 8.47. The van der Waals surface area contributed by atoms with Crippen LogP contribution >= 0.6 is 0 Å². The molecular formula is C26H26N2O3. The van der Waals surface area contributed by atoms with E-state index in [9.17, 15) is 4.79 Å². The first-order valence-electron chi connectivity index (χ1n) is 10.3. The van der Waals surface area contributed by atoms with E-state index in [0.29, 0.717) is 30.4 Å². The molecular weight excluding hydrogens is 388 g/mol. The second-order valence-corrected chi connectivity index (χ2v) is 8.47. The van der Waals surface area contributed by atoms with E-state index < -0.39 is 0 Å². The zero-order valence-corrected chi connectivity index (χ0v) is 18.0. The van der Waals surface area contributed by atoms with Crippen LogP contribution < -0.4 is 14.8 Å². The summed E-state index contributed by atoms with van der Waals surface area (Å²) in [6, 6.07) is 17.5. The van der Waals surface area contributed by atoms with E-state index in [-0.39, 0.29) is 11.3 Å². The van der Waals surface area contributed by atoms with Gasteiger partial charge < -0.3 is 14.8 Å². The largest absolute Gasteiger partial charge is 0.486 e. The van der Waals surface area contributed by atoms with E-state index in [1.807, 2.05) is 12.1 Å². The SMILES string of the molecule is CC(C)(C)c1ccc(/C(=C/C(=O)Nc2ccc3c(c2)OCCO3)c2cccnc2)cc1. The third-order valence-corrected chi connectivity index (χ3v) is 5.12. The third kappa shape index (κ3) is 4.94. The van der Waals surface area contributed by atoms with Crippen LogP contribution in [0, 0.1) is 0 Å². The summed E-state index contributed by atoms with van der Waals surface area (Å²) < 4.78 is 11.1. The molecule has 1 aliphatic heterocycles. The van der Waals surface area contributed by atoms with Crippen molar-refractivity contribution in [2.24, 2.45) is 0 Å². The number of nitrogens with zero attached hydrogens (tertiary/aromatic N) is 1. The monoisotopic (exact) mass is 414 g/mol. The normalized spacial score (nSPS) is 13.6. The Kier molecular flexibility index (Phi) is 5.76. The number of aromatic nitrogens is 1. The van der Waals surface area contributed by atoms with Gasteiger partial charge in [0.25, 0.3) is 0 Å². The lowest BCUT2D eigenvalue weighted by Gasteiger charge is -2.20. The van der Waals surface area contributed by atoms with Crippen LogP contribution in [0.3, 0.4) is 0 Å². The van der Waals surface area contributed by atoms with Crippen molar-refractivity contribution in [2.75, 3.05) is 18.5 Å². The van der Waals surface area contributed by atoms with Gasteiger partial charge in [-0.3, -0.25) is 9.78 Å². The summed E-state index contributed by atoms with van der Waals surface area (Å²) in [5.41, 5.74) is 4.60. The van der Waals surface area contributed by atoms with E-state index >= 15 is 0 Å². The number of carbonyl (C=O) groups excluding carboxylic acids is 1. The van der Waals surface area contributed by atoms with Crippen molar-refractivity contribution in [1.29, 1.82) is 0 Å². The van der Waals surface area contributed by atoms with Gasteiger partial charge in [0, 0.05) is 35.8 Å². The molecule has 0 bridgehead atoms. The smallest absolute Gasteiger partial charge is 0.249 e. The van der Waals surface area contributed by atoms with Gasteiger partial charge in [-0.05, 0) is 40.3 Å². The number of benzene rings is 2. The van der Waals surface area contributed by atoms with E-state index in [1.54, 1.807) is 36.7 Å². The minimum absolute atomic E-state index is 0.0618. The fraction of sp³-hybridized carbons (Fsp3) is 0.231. The van der Waals surface area contributed by atoms with E-state index in [0.717, 1.165) is 16.7 Å². The highest BCUT2D eigenvalue weighted by atomic mass is 16.6. The van der Waals surface area contributed by atoms with Crippen molar-refractivity contribution in [3.8, 4) is 11.5 Å². The molecule has 0 unspecified atom stereocenters. The molecule has 3 aromatic rings. The maximum absolute atomic E-state index is 12.9. The number of hydrogen-bond donors (Lipinski definition) is 1. The van der Waals surface area contributed by atoms with E-state index in [4.69, 9.17) is 9.47 Å². The van der Waals surface area contributed by atoms with Crippen LogP contribution in [0.15, 0.2) is 73.1 Å². The van der Waals surface area contributed by atoms with Crippen molar-refractivity contribution in [1.82, 2.24) is 4.98 Å². The molecule has 1 N–H and O–H groups in total. The quantitative estimate of drug-likeness (QED) is 0.595. The number of anilines is 1. The maximum atomic E-state index is 12.9. The molecule has 158 valence electrons. The van der Waals surface area contributed by atoms with Crippen LogP contribution in [0.4, 0.5) is 5.69 Å². The number of nitrogens with one attached hydrogen (secondary N) is 1. The van der Waals surface area contributed by atoms with Gasteiger partial charge in [0.05, 0.1) is 0 Å². The first-order chi connectivity index (χ1) is 14.9. The highest BCUT2D eigenvalue weighted by molar-refractivity contribution is 6.06. The van der Waals surface area contributed by atoms with Crippen LogP contribution in [0.5, 0.6) is 11.5 Å². The Hall–Kier alpha value is -3.60. The van der Waals surface area contributed by atoms with Crippen molar-refractivity contribution in [3.63, 3.8) is 0 Å². The molecule has 5 heteroatoms. The Morgan fingerprint density at radius 1 is 0.968 bits per heavy atom. The topological polar surface area (TPSA) is 60.5 Å². The van der Waals surface area contributed by atoms with Crippen molar-refractivity contribution in [2.45, 2.75) is 26.2 Å². The molecule has 31 heavy (non-hydrogen) atoms. The summed E-state index contributed by atoms with van der Waals surface area (Å²) in [6.07, 6.45) is 5.10. The Labute approximate surface area is 182 Å². The molecule has 0 spiro atoms. The van der Waals surface area contributed by atoms with Gasteiger partial charge in [0.1, 0.15) is 13.2 Å². The van der Waals surface area contributed by atoms with Gasteiger partial charge in [-0.15, -0.1) is 0 Å². The Morgan fingerprint density at radius 3 is 2.39 bits per heavy atom. The van der Waals surface area contributed by atoms with Crippen molar-refractivity contribution < 1.29 is 14.3 Å². The van der Waals surface area contributed by atoms with Crippen LogP contribution in [0.1, 0.15) is 37.5 Å². The minimum atomic E-state index is -0.226. The molecule has 0 fully saturated rings. The Morgan fingerprint density at radius 2 is 1.71 bits per heavy atom. The predicted octanol–water partition coefficient (Wildman–Crippen LogP) is 5.22. The highest BCUT2D eigenvalue weighted by Crippen LogP contribution is 2.33. The standard InChI is InChI=1S/C26H26N2O3/c1-26(2,3)20-8-6-18(7-9-20)22(19-5-4-12-27-17-19)16-25(29)28-21-10-11-23-24(15-21)31-14-13-30-23/h4-12,15-17H,13-14H2,1-3H3,(H,28,29)/b22-16-. The maximum Gasteiger partial charge on any atom is 0.249 e. The summed E-state index contributed by atoms with van der Waals surface area (Å²) in [5, 5.41) is 2.93. The van der Waals surface area contributed by atoms with Gasteiger partial charge in [0.2, 0.25) is 5.91 Å². The van der Waals surface area contributed by atoms with Crippen LogP contribution in [0.2, 0.25) is 0 Å². The lowest BCUT2D eigenvalue weighted by molar-refractivity contribution is -0.111. The van der Waals surface area contributed by atoms with Gasteiger partial charge in [-0.1, -0.05) is 51.1 Å². The van der Waals surface area contributed by atoms with Crippen LogP contribution in [-0.4, -0.2) is 24.1 Å². The van der Waals surface area contributed by atoms with Crippen molar-refractivity contribution in [3.05, 3.63) is 89.8 Å². The number of hydrogen-bond acceptors (Lipinski definition) is 4. The number of amides is 1. The summed E-state index contributed by atoms with van der Waals surface area (Å²) in [6.45, 7) is 7.58. The number of pyridine rings is 1. The molecule has 1 aliphatic rings. The van der Waals surface area contributed by atoms with Crippen LogP contribution in [-0.2, 0) is 10.2 Å². The van der Waals surface area contributed by atoms with E-state index in [1.165, 1.54) is 5.56 Å². The van der Waals surface area contributed by atoms with Gasteiger partial charge in [0.15, 0.2) is 11.5 Å². The molecule has 0 aliphatic carbocycles. The van der Waals surface area contributed by atoms with Crippen LogP contribution in [0.25, 0.3) is 5.57 Å². The molecule has 2 aromatic carbocycles. The molecule has 1 aromatic heterocycles. The average Bonchev–Trinajstić information content (AvgIpc) is 2.77. The summed E-state index contributed by atoms with van der Waals surface area (Å²) in [7, 11) is 0. The Balaban J connectivity index is 1.63. The number of ether oxygens (including phenoxy) is 2. The van der Waals surface area contributed by atoms with Gasteiger partial charge in [-0.25, -0.2) is 0 Å². The molecule has 5 nitrogen and oxygen atoms in total. The molecule has 2 heterocycles. The molecule has 0 saturated heterocycles. The third-order valence-electron chi connectivity index (χ3n) is 5.12. The fourth-order valence-electron chi connectivity index (χ4n) is 3.44. The average molecular weight is 415 g/mol. The molecule has 1 amide bonds. The summed E-state index contributed by atoms with van der Waals surface area (Å²) in [5.74, 6) is 1.10. The van der Waals surface area contributed by atoms with Gasteiger partial charge >= 0.3 is 0 Å². The molecule has 4 rings (SSSR count). The summed E-state index contributed by atoms with van der Waals surface area (Å²) >= 11 is 0. The minimum Gasteiger partial charge on any atom is -0.486 e.